The standard InChI is InChI=1S/C18H28FN5O2.C2HF3O2/c1-22-16-14(13-26-10-9-23-7-2-3-8-23)11-24(12-15(16)20-21-22)17(25)18(19)5-4-6-18;3-2(4,5)1(6)7/h14H,2-13H2,1H3;(H,6,7). The number of carbonyl (C=O) groups excluding carboxylic acids is 1. The second kappa shape index (κ2) is 10.3. The van der Waals surface area contributed by atoms with Crippen molar-refractivity contribution in [3.05, 3.63) is 11.4 Å². The first-order valence-electron chi connectivity index (χ1n) is 11.0. The molecule has 1 saturated carbocycles. The van der Waals surface area contributed by atoms with Crippen LogP contribution in [0.2, 0.25) is 0 Å². The van der Waals surface area contributed by atoms with Crippen molar-refractivity contribution in [2.24, 2.45) is 7.05 Å². The Balaban J connectivity index is 0.000000383. The molecule has 1 atom stereocenters. The van der Waals surface area contributed by atoms with Gasteiger partial charge in [0.2, 0.25) is 0 Å². The van der Waals surface area contributed by atoms with Crippen molar-refractivity contribution in [2.75, 3.05) is 39.4 Å². The van der Waals surface area contributed by atoms with Gasteiger partial charge in [0.15, 0.2) is 5.67 Å². The maximum atomic E-state index is 14.6. The van der Waals surface area contributed by atoms with E-state index < -0.39 is 17.8 Å². The van der Waals surface area contributed by atoms with Crippen LogP contribution in [-0.2, 0) is 27.9 Å². The molecule has 0 spiro atoms. The average Bonchev–Trinajstić information content (AvgIpc) is 3.38. The molecule has 1 amide bonds. The third-order valence-electron chi connectivity index (χ3n) is 6.24. The number of rotatable bonds is 6. The van der Waals surface area contributed by atoms with Crippen LogP contribution in [0.4, 0.5) is 17.6 Å². The number of likely N-dealkylation sites (tertiary alicyclic amines) is 1. The van der Waals surface area contributed by atoms with Crippen LogP contribution in [0.1, 0.15) is 49.4 Å². The summed E-state index contributed by atoms with van der Waals surface area (Å²) in [6.45, 7) is 5.26. The third-order valence-corrected chi connectivity index (χ3v) is 6.24. The fourth-order valence-corrected chi connectivity index (χ4v) is 4.31. The lowest BCUT2D eigenvalue weighted by atomic mass is 9.80. The molecular weight excluding hydrogens is 450 g/mol. The van der Waals surface area contributed by atoms with E-state index in [1.54, 1.807) is 9.58 Å². The molecule has 13 heteroatoms. The fraction of sp³-hybridized carbons (Fsp3) is 0.800. The molecule has 1 aliphatic carbocycles. The van der Waals surface area contributed by atoms with Crippen LogP contribution >= 0.6 is 0 Å². The first-order chi connectivity index (χ1) is 15.5. The van der Waals surface area contributed by atoms with E-state index in [4.69, 9.17) is 14.6 Å². The minimum absolute atomic E-state index is 0.00930. The van der Waals surface area contributed by atoms with Gasteiger partial charge in [-0.15, -0.1) is 5.10 Å². The maximum Gasteiger partial charge on any atom is 0.490 e. The molecule has 1 N–H and O–H groups in total. The predicted octanol–water partition coefficient (Wildman–Crippen LogP) is 1.88. The number of ether oxygens (including phenoxy) is 1. The van der Waals surface area contributed by atoms with Crippen molar-refractivity contribution in [3.63, 3.8) is 0 Å². The van der Waals surface area contributed by atoms with Gasteiger partial charge in [-0.1, -0.05) is 5.21 Å². The molecule has 3 heterocycles. The maximum absolute atomic E-state index is 14.6. The van der Waals surface area contributed by atoms with E-state index in [0.29, 0.717) is 39.1 Å². The molecule has 0 radical (unpaired) electrons. The zero-order chi connectivity index (χ0) is 24.2. The van der Waals surface area contributed by atoms with Crippen molar-refractivity contribution in [2.45, 2.75) is 56.4 Å². The Morgan fingerprint density at radius 3 is 2.39 bits per heavy atom. The number of fused-ring (bicyclic) bond motifs is 1. The number of carboxylic acid groups (broad SMARTS) is 1. The second-order valence-electron chi connectivity index (χ2n) is 8.67. The van der Waals surface area contributed by atoms with Crippen molar-refractivity contribution in [1.29, 1.82) is 0 Å². The summed E-state index contributed by atoms with van der Waals surface area (Å²) in [5, 5.41) is 15.4. The summed E-state index contributed by atoms with van der Waals surface area (Å²) in [6.07, 6.45) is -1.07. The zero-order valence-electron chi connectivity index (χ0n) is 18.5. The van der Waals surface area contributed by atoms with Crippen molar-refractivity contribution in [3.8, 4) is 0 Å². The largest absolute Gasteiger partial charge is 0.490 e. The average molecular weight is 479 g/mol. The summed E-state index contributed by atoms with van der Waals surface area (Å²) in [5.74, 6) is -3.15. The van der Waals surface area contributed by atoms with E-state index in [9.17, 15) is 22.4 Å². The summed E-state index contributed by atoms with van der Waals surface area (Å²) in [5.41, 5.74) is 0.112. The quantitative estimate of drug-likeness (QED) is 0.491. The lowest BCUT2D eigenvalue weighted by molar-refractivity contribution is -0.192. The summed E-state index contributed by atoms with van der Waals surface area (Å²) < 4.78 is 54.0. The number of hydrogen-bond donors (Lipinski definition) is 1. The van der Waals surface area contributed by atoms with Crippen LogP contribution in [0.3, 0.4) is 0 Å². The SMILES string of the molecule is Cn1nnc2c1C(COCCN1CCCC1)CN(C(=O)C1(F)CCC1)C2.O=C(O)C(F)(F)F. The third kappa shape index (κ3) is 6.19. The monoisotopic (exact) mass is 479 g/mol. The number of aryl methyl sites for hydroxylation is 1. The first-order valence-corrected chi connectivity index (χ1v) is 11.0. The van der Waals surface area contributed by atoms with Crippen molar-refractivity contribution in [1.82, 2.24) is 24.8 Å². The number of halogens is 4. The van der Waals surface area contributed by atoms with Gasteiger partial charge in [0.1, 0.15) is 5.69 Å². The molecule has 33 heavy (non-hydrogen) atoms. The Labute approximate surface area is 188 Å². The van der Waals surface area contributed by atoms with Crippen LogP contribution in [-0.4, -0.2) is 93.0 Å². The smallest absolute Gasteiger partial charge is 0.475 e. The highest BCUT2D eigenvalue weighted by Crippen LogP contribution is 2.39. The van der Waals surface area contributed by atoms with E-state index in [0.717, 1.165) is 37.4 Å². The van der Waals surface area contributed by atoms with Gasteiger partial charge in [-0.2, -0.15) is 13.2 Å². The zero-order valence-corrected chi connectivity index (χ0v) is 18.5. The number of carboxylic acids is 1. The summed E-state index contributed by atoms with van der Waals surface area (Å²) in [6, 6.07) is 0. The highest BCUT2D eigenvalue weighted by atomic mass is 19.4. The fourth-order valence-electron chi connectivity index (χ4n) is 4.31. The van der Waals surface area contributed by atoms with Gasteiger partial charge in [-0.05, 0) is 45.2 Å². The van der Waals surface area contributed by atoms with Gasteiger partial charge in [0.05, 0.1) is 25.5 Å². The molecule has 9 nitrogen and oxygen atoms in total. The number of amides is 1. The van der Waals surface area contributed by atoms with Gasteiger partial charge in [-0.25, -0.2) is 9.18 Å². The molecule has 4 rings (SSSR count). The Morgan fingerprint density at radius 1 is 1.21 bits per heavy atom. The van der Waals surface area contributed by atoms with E-state index >= 15 is 0 Å². The van der Waals surface area contributed by atoms with Gasteiger partial charge < -0.3 is 19.6 Å². The summed E-state index contributed by atoms with van der Waals surface area (Å²) >= 11 is 0. The number of carbonyl (C=O) groups is 2. The van der Waals surface area contributed by atoms with Crippen LogP contribution in [0.15, 0.2) is 0 Å². The van der Waals surface area contributed by atoms with E-state index in [2.05, 4.69) is 15.2 Å². The number of nitrogens with zero attached hydrogens (tertiary/aromatic N) is 5. The second-order valence-corrected chi connectivity index (χ2v) is 8.67. The van der Waals surface area contributed by atoms with E-state index in [1.807, 2.05) is 7.05 Å². The Morgan fingerprint density at radius 2 is 1.85 bits per heavy atom. The molecule has 2 aliphatic heterocycles. The summed E-state index contributed by atoms with van der Waals surface area (Å²) in [7, 11) is 1.86. The van der Waals surface area contributed by atoms with Crippen LogP contribution in [0, 0.1) is 0 Å². The number of aliphatic carboxylic acids is 1. The van der Waals surface area contributed by atoms with Gasteiger partial charge >= 0.3 is 12.1 Å². The number of alkyl halides is 4. The lowest BCUT2D eigenvalue weighted by Gasteiger charge is -2.40. The van der Waals surface area contributed by atoms with Crippen molar-refractivity contribution >= 4 is 11.9 Å². The van der Waals surface area contributed by atoms with Crippen molar-refractivity contribution < 1.29 is 37.0 Å². The minimum atomic E-state index is -5.08. The molecule has 1 unspecified atom stereocenters. The molecule has 186 valence electrons. The molecule has 3 aliphatic rings. The van der Waals surface area contributed by atoms with E-state index in [1.165, 1.54) is 12.8 Å². The minimum Gasteiger partial charge on any atom is -0.475 e. The number of hydrogen-bond acceptors (Lipinski definition) is 6. The van der Waals surface area contributed by atoms with Gasteiger partial charge in [0, 0.05) is 26.1 Å². The highest BCUT2D eigenvalue weighted by Gasteiger charge is 2.48. The van der Waals surface area contributed by atoms with E-state index in [-0.39, 0.29) is 11.8 Å². The van der Waals surface area contributed by atoms with Crippen LogP contribution in [0.25, 0.3) is 0 Å². The normalized spacial score (nSPS) is 22.2. The lowest BCUT2D eigenvalue weighted by Crippen LogP contribution is -2.52. The Kier molecular flexibility index (Phi) is 7.93. The Bertz CT molecular complexity index is 837. The van der Waals surface area contributed by atoms with Crippen LogP contribution in [0.5, 0.6) is 0 Å². The molecule has 1 aromatic rings. The molecule has 0 bridgehead atoms. The predicted molar refractivity (Wildman–Crippen MR) is 107 cm³/mol. The summed E-state index contributed by atoms with van der Waals surface area (Å²) in [4.78, 5) is 25.5. The Hall–Kier alpha value is -2.28. The molecule has 0 aromatic carbocycles. The van der Waals surface area contributed by atoms with Gasteiger partial charge in [-0.3, -0.25) is 9.48 Å². The van der Waals surface area contributed by atoms with Gasteiger partial charge in [0.25, 0.3) is 5.91 Å². The number of aromatic nitrogens is 3. The topological polar surface area (TPSA) is 101 Å². The molecule has 1 aromatic heterocycles. The van der Waals surface area contributed by atoms with Crippen LogP contribution < -0.4 is 0 Å². The highest BCUT2D eigenvalue weighted by molar-refractivity contribution is 5.86. The first kappa shape index (κ1) is 25.3. The molecule has 2 fully saturated rings. The molecule has 1 saturated heterocycles. The molecular formula is C20H29F4N5O4.